The van der Waals surface area contributed by atoms with Gasteiger partial charge in [0.2, 0.25) is 0 Å². The van der Waals surface area contributed by atoms with Crippen LogP contribution < -0.4 is 0 Å². The van der Waals surface area contributed by atoms with Crippen LogP contribution in [0.25, 0.3) is 10.8 Å². The molecule has 21 heavy (non-hydrogen) atoms. The van der Waals surface area contributed by atoms with Gasteiger partial charge < -0.3 is 0 Å². The Morgan fingerprint density at radius 1 is 0.905 bits per heavy atom. The molecule has 0 aliphatic heterocycles. The largest absolute Gasteiger partial charge is 0.192 e. The molecule has 1 unspecified atom stereocenters. The Morgan fingerprint density at radius 2 is 1.62 bits per heavy atom. The summed E-state index contributed by atoms with van der Waals surface area (Å²) in [5.74, 6) is 0.443. The summed E-state index contributed by atoms with van der Waals surface area (Å²) in [6, 6.07) is 25.2. The predicted octanol–water partition coefficient (Wildman–Crippen LogP) is 5.06. The Bertz CT molecular complexity index is 794. The third-order valence-electron chi connectivity index (χ3n) is 3.96. The summed E-state index contributed by atoms with van der Waals surface area (Å²) in [7, 11) is 0. The molecule has 3 rings (SSSR count). The fourth-order valence-corrected chi connectivity index (χ4v) is 2.72. The number of nitrogens with zero attached hydrogens (tertiary/aromatic N) is 1. The lowest BCUT2D eigenvalue weighted by Crippen LogP contribution is -1.98. The number of hydrogen-bond donors (Lipinski definition) is 0. The van der Waals surface area contributed by atoms with Crippen LogP contribution >= 0.6 is 0 Å². The minimum Gasteiger partial charge on any atom is -0.192 e. The predicted molar refractivity (Wildman–Crippen MR) is 87.2 cm³/mol. The summed E-state index contributed by atoms with van der Waals surface area (Å²) in [5, 5.41) is 11.4. The second-order valence-corrected chi connectivity index (χ2v) is 5.52. The molecule has 0 aliphatic rings. The van der Waals surface area contributed by atoms with Crippen molar-refractivity contribution in [1.29, 1.82) is 5.26 Å². The molecule has 1 atom stereocenters. The van der Waals surface area contributed by atoms with Gasteiger partial charge in [0, 0.05) is 0 Å². The molecule has 0 spiro atoms. The summed E-state index contributed by atoms with van der Waals surface area (Å²) in [6.45, 7) is 2.23. The van der Waals surface area contributed by atoms with Crippen LogP contribution in [-0.4, -0.2) is 0 Å². The lowest BCUT2D eigenvalue weighted by atomic mass is 9.92. The molecule has 0 aromatic heterocycles. The average Bonchev–Trinajstić information content (AvgIpc) is 2.55. The Labute approximate surface area is 125 Å². The molecule has 3 aromatic carbocycles. The molecule has 0 fully saturated rings. The molecule has 0 aliphatic carbocycles. The second kappa shape index (κ2) is 5.81. The van der Waals surface area contributed by atoms with E-state index in [-0.39, 0.29) is 0 Å². The standard InChI is InChI=1S/C20H17N/c1-15(18-9-6-16(14-21)7-10-18)12-17-8-11-19-4-2-3-5-20(19)13-17/h2-11,13,15H,12H2,1H3. The van der Waals surface area contributed by atoms with Crippen molar-refractivity contribution in [2.45, 2.75) is 19.3 Å². The van der Waals surface area contributed by atoms with Gasteiger partial charge in [-0.05, 0) is 46.4 Å². The van der Waals surface area contributed by atoms with Gasteiger partial charge in [-0.1, -0.05) is 61.5 Å². The van der Waals surface area contributed by atoms with Crippen molar-refractivity contribution >= 4 is 10.8 Å². The van der Waals surface area contributed by atoms with Crippen LogP contribution in [-0.2, 0) is 6.42 Å². The molecular formula is C20H17N. The van der Waals surface area contributed by atoms with E-state index >= 15 is 0 Å². The van der Waals surface area contributed by atoms with Gasteiger partial charge in [0.1, 0.15) is 0 Å². The molecule has 102 valence electrons. The van der Waals surface area contributed by atoms with Crippen molar-refractivity contribution in [3.05, 3.63) is 83.4 Å². The van der Waals surface area contributed by atoms with Crippen LogP contribution in [0.15, 0.2) is 66.7 Å². The van der Waals surface area contributed by atoms with E-state index in [1.54, 1.807) is 0 Å². The van der Waals surface area contributed by atoms with Crippen molar-refractivity contribution in [2.24, 2.45) is 0 Å². The summed E-state index contributed by atoms with van der Waals surface area (Å²) < 4.78 is 0. The van der Waals surface area contributed by atoms with Gasteiger partial charge in [-0.15, -0.1) is 0 Å². The Hall–Kier alpha value is -2.59. The van der Waals surface area contributed by atoms with Crippen molar-refractivity contribution in [3.8, 4) is 6.07 Å². The molecule has 0 saturated heterocycles. The topological polar surface area (TPSA) is 23.8 Å². The van der Waals surface area contributed by atoms with Crippen LogP contribution in [0.4, 0.5) is 0 Å². The van der Waals surface area contributed by atoms with Crippen molar-refractivity contribution in [3.63, 3.8) is 0 Å². The Kier molecular flexibility index (Phi) is 3.71. The SMILES string of the molecule is CC(Cc1ccc2ccccc2c1)c1ccc(C#N)cc1. The van der Waals surface area contributed by atoms with Gasteiger partial charge in [0.15, 0.2) is 0 Å². The zero-order valence-electron chi connectivity index (χ0n) is 12.1. The van der Waals surface area contributed by atoms with Gasteiger partial charge in [-0.3, -0.25) is 0 Å². The molecule has 3 aromatic rings. The lowest BCUT2D eigenvalue weighted by molar-refractivity contribution is 0.760. The maximum absolute atomic E-state index is 8.85. The monoisotopic (exact) mass is 271 g/mol. The quantitative estimate of drug-likeness (QED) is 0.653. The van der Waals surface area contributed by atoms with Crippen LogP contribution in [0, 0.1) is 11.3 Å². The third-order valence-corrected chi connectivity index (χ3v) is 3.96. The first kappa shape index (κ1) is 13.4. The van der Waals surface area contributed by atoms with E-state index in [1.807, 2.05) is 12.1 Å². The highest BCUT2D eigenvalue weighted by Gasteiger charge is 2.07. The first-order valence-corrected chi connectivity index (χ1v) is 7.24. The minimum atomic E-state index is 0.443. The smallest absolute Gasteiger partial charge is 0.0991 e. The maximum Gasteiger partial charge on any atom is 0.0991 e. The Balaban J connectivity index is 1.81. The highest BCUT2D eigenvalue weighted by Crippen LogP contribution is 2.23. The molecule has 0 radical (unpaired) electrons. The fraction of sp³-hybridized carbons (Fsp3) is 0.150. The molecule has 0 saturated carbocycles. The maximum atomic E-state index is 8.85. The van der Waals surface area contributed by atoms with E-state index in [2.05, 4.69) is 67.6 Å². The molecule has 0 bridgehead atoms. The third kappa shape index (κ3) is 2.95. The average molecular weight is 271 g/mol. The van der Waals surface area contributed by atoms with Crippen LogP contribution in [0.3, 0.4) is 0 Å². The van der Waals surface area contributed by atoms with E-state index in [0.717, 1.165) is 12.0 Å². The summed E-state index contributed by atoms with van der Waals surface area (Å²) >= 11 is 0. The van der Waals surface area contributed by atoms with E-state index < -0.39 is 0 Å². The molecule has 0 amide bonds. The van der Waals surface area contributed by atoms with Crippen molar-refractivity contribution < 1.29 is 0 Å². The van der Waals surface area contributed by atoms with E-state index in [4.69, 9.17) is 5.26 Å². The van der Waals surface area contributed by atoms with Crippen molar-refractivity contribution in [2.75, 3.05) is 0 Å². The zero-order chi connectivity index (χ0) is 14.7. The minimum absolute atomic E-state index is 0.443. The van der Waals surface area contributed by atoms with Gasteiger partial charge >= 0.3 is 0 Å². The van der Waals surface area contributed by atoms with E-state index in [9.17, 15) is 0 Å². The molecule has 0 heterocycles. The number of rotatable bonds is 3. The summed E-state index contributed by atoms with van der Waals surface area (Å²) in [6.07, 6.45) is 1.01. The summed E-state index contributed by atoms with van der Waals surface area (Å²) in [4.78, 5) is 0. The van der Waals surface area contributed by atoms with Crippen LogP contribution in [0.5, 0.6) is 0 Å². The second-order valence-electron chi connectivity index (χ2n) is 5.52. The van der Waals surface area contributed by atoms with Crippen LogP contribution in [0.2, 0.25) is 0 Å². The van der Waals surface area contributed by atoms with Crippen molar-refractivity contribution in [1.82, 2.24) is 0 Å². The number of nitriles is 1. The lowest BCUT2D eigenvalue weighted by Gasteiger charge is -2.12. The van der Waals surface area contributed by atoms with E-state index in [1.165, 1.54) is 21.9 Å². The van der Waals surface area contributed by atoms with E-state index in [0.29, 0.717) is 5.92 Å². The van der Waals surface area contributed by atoms with Gasteiger partial charge in [0.25, 0.3) is 0 Å². The highest BCUT2D eigenvalue weighted by atomic mass is 14.2. The first-order valence-electron chi connectivity index (χ1n) is 7.24. The zero-order valence-corrected chi connectivity index (χ0v) is 12.1. The van der Waals surface area contributed by atoms with Crippen LogP contribution in [0.1, 0.15) is 29.5 Å². The normalized spacial score (nSPS) is 12.0. The first-order chi connectivity index (χ1) is 10.3. The number of hydrogen-bond acceptors (Lipinski definition) is 1. The fourth-order valence-electron chi connectivity index (χ4n) is 2.72. The molecular weight excluding hydrogens is 254 g/mol. The summed E-state index contributed by atoms with van der Waals surface area (Å²) in [5.41, 5.74) is 3.35. The highest BCUT2D eigenvalue weighted by molar-refractivity contribution is 5.83. The van der Waals surface area contributed by atoms with Gasteiger partial charge in [-0.2, -0.15) is 5.26 Å². The molecule has 1 nitrogen and oxygen atoms in total. The van der Waals surface area contributed by atoms with Gasteiger partial charge in [-0.25, -0.2) is 0 Å². The number of benzene rings is 3. The number of fused-ring (bicyclic) bond motifs is 1. The Morgan fingerprint density at radius 3 is 2.33 bits per heavy atom. The molecule has 1 heteroatoms. The molecule has 0 N–H and O–H groups in total. The van der Waals surface area contributed by atoms with Gasteiger partial charge in [0.05, 0.1) is 11.6 Å².